The lowest BCUT2D eigenvalue weighted by atomic mass is 9.86. The largest absolute Gasteiger partial charge is 0.343 e. The van der Waals surface area contributed by atoms with Crippen molar-refractivity contribution in [3.8, 4) is 0 Å². The Morgan fingerprint density at radius 2 is 2.00 bits per heavy atom. The van der Waals surface area contributed by atoms with Gasteiger partial charge in [0, 0.05) is 38.8 Å². The van der Waals surface area contributed by atoms with Crippen LogP contribution in [0.1, 0.15) is 24.6 Å². The van der Waals surface area contributed by atoms with Crippen LogP contribution in [0.15, 0.2) is 54.7 Å². The van der Waals surface area contributed by atoms with E-state index >= 15 is 0 Å². The zero-order valence-corrected chi connectivity index (χ0v) is 14.2. The van der Waals surface area contributed by atoms with E-state index in [0.717, 1.165) is 38.2 Å². The lowest BCUT2D eigenvalue weighted by Crippen LogP contribution is -2.51. The average molecular weight is 323 g/mol. The minimum atomic E-state index is 0.177. The Bertz CT molecular complexity index is 644. The van der Waals surface area contributed by atoms with E-state index in [-0.39, 0.29) is 5.91 Å². The standard InChI is InChI=1S/C20H25N3O/c1-16(24)23-12-10-20(22-14-19-9-5-6-11-21-19)18(15-23)13-17-7-3-2-4-8-17/h2-9,11,18,20,22H,10,12-15H2,1H3/t18-,20+/m1/s1. The van der Waals surface area contributed by atoms with Crippen molar-refractivity contribution >= 4 is 5.91 Å². The minimum absolute atomic E-state index is 0.177. The molecule has 24 heavy (non-hydrogen) atoms. The third-order valence-electron chi connectivity index (χ3n) is 4.79. The number of pyridine rings is 1. The number of nitrogens with zero attached hydrogens (tertiary/aromatic N) is 2. The Labute approximate surface area is 143 Å². The van der Waals surface area contributed by atoms with E-state index in [4.69, 9.17) is 0 Å². The van der Waals surface area contributed by atoms with E-state index in [0.29, 0.717) is 12.0 Å². The number of carbonyl (C=O) groups is 1. The van der Waals surface area contributed by atoms with Gasteiger partial charge in [0.25, 0.3) is 0 Å². The Kier molecular flexibility index (Phi) is 5.59. The lowest BCUT2D eigenvalue weighted by Gasteiger charge is -2.39. The molecule has 2 atom stereocenters. The molecule has 1 aromatic carbocycles. The molecule has 126 valence electrons. The maximum Gasteiger partial charge on any atom is 0.219 e. The highest BCUT2D eigenvalue weighted by atomic mass is 16.2. The van der Waals surface area contributed by atoms with Crippen molar-refractivity contribution in [2.24, 2.45) is 5.92 Å². The minimum Gasteiger partial charge on any atom is -0.343 e. The summed E-state index contributed by atoms with van der Waals surface area (Å²) < 4.78 is 0. The van der Waals surface area contributed by atoms with Gasteiger partial charge in [-0.25, -0.2) is 0 Å². The molecule has 0 unspecified atom stereocenters. The molecule has 1 aliphatic heterocycles. The van der Waals surface area contributed by atoms with Crippen LogP contribution in [0.4, 0.5) is 0 Å². The molecule has 1 saturated heterocycles. The highest BCUT2D eigenvalue weighted by Gasteiger charge is 2.30. The summed E-state index contributed by atoms with van der Waals surface area (Å²) in [6.07, 6.45) is 3.81. The van der Waals surface area contributed by atoms with E-state index in [1.807, 2.05) is 35.4 Å². The van der Waals surface area contributed by atoms with Gasteiger partial charge in [-0.2, -0.15) is 0 Å². The van der Waals surface area contributed by atoms with Crippen molar-refractivity contribution in [3.05, 3.63) is 66.0 Å². The summed E-state index contributed by atoms with van der Waals surface area (Å²) in [4.78, 5) is 18.1. The molecule has 0 saturated carbocycles. The molecule has 4 nitrogen and oxygen atoms in total. The third kappa shape index (κ3) is 4.42. The fourth-order valence-corrected chi connectivity index (χ4v) is 3.45. The number of nitrogens with one attached hydrogen (secondary N) is 1. The highest BCUT2D eigenvalue weighted by Crippen LogP contribution is 2.22. The fourth-order valence-electron chi connectivity index (χ4n) is 3.45. The van der Waals surface area contributed by atoms with Crippen LogP contribution in [0.2, 0.25) is 0 Å². The van der Waals surface area contributed by atoms with Crippen LogP contribution in [-0.2, 0) is 17.8 Å². The molecule has 1 fully saturated rings. The summed E-state index contributed by atoms with van der Waals surface area (Å²) in [6, 6.07) is 17.0. The number of aromatic nitrogens is 1. The van der Waals surface area contributed by atoms with Crippen molar-refractivity contribution < 1.29 is 4.79 Å². The van der Waals surface area contributed by atoms with Crippen LogP contribution in [0.25, 0.3) is 0 Å². The molecule has 1 N–H and O–H groups in total. The number of rotatable bonds is 5. The van der Waals surface area contributed by atoms with Crippen LogP contribution < -0.4 is 5.32 Å². The molecule has 1 aliphatic rings. The second-order valence-electron chi connectivity index (χ2n) is 6.51. The summed E-state index contributed by atoms with van der Waals surface area (Å²) in [5.41, 5.74) is 2.39. The summed E-state index contributed by atoms with van der Waals surface area (Å²) >= 11 is 0. The quantitative estimate of drug-likeness (QED) is 0.920. The van der Waals surface area contributed by atoms with Crippen molar-refractivity contribution in [3.63, 3.8) is 0 Å². The molecule has 3 rings (SSSR count). The summed E-state index contributed by atoms with van der Waals surface area (Å²) in [5, 5.41) is 3.67. The van der Waals surface area contributed by atoms with E-state index in [1.54, 1.807) is 6.92 Å². The Hall–Kier alpha value is -2.20. The van der Waals surface area contributed by atoms with Gasteiger partial charge in [-0.15, -0.1) is 0 Å². The Morgan fingerprint density at radius 1 is 1.21 bits per heavy atom. The zero-order valence-electron chi connectivity index (χ0n) is 14.2. The summed E-state index contributed by atoms with van der Waals surface area (Å²) in [7, 11) is 0. The molecule has 2 heterocycles. The number of hydrogen-bond acceptors (Lipinski definition) is 3. The van der Waals surface area contributed by atoms with E-state index in [9.17, 15) is 4.79 Å². The monoisotopic (exact) mass is 323 g/mol. The predicted molar refractivity (Wildman–Crippen MR) is 95.4 cm³/mol. The topological polar surface area (TPSA) is 45.2 Å². The van der Waals surface area contributed by atoms with Gasteiger partial charge in [0.2, 0.25) is 5.91 Å². The number of hydrogen-bond donors (Lipinski definition) is 1. The first kappa shape index (κ1) is 16.7. The molecule has 0 aliphatic carbocycles. The molecule has 2 aromatic rings. The van der Waals surface area contributed by atoms with E-state index < -0.39 is 0 Å². The van der Waals surface area contributed by atoms with Crippen LogP contribution in [0.3, 0.4) is 0 Å². The molecule has 1 amide bonds. The van der Waals surface area contributed by atoms with Crippen molar-refractivity contribution in [1.29, 1.82) is 0 Å². The summed E-state index contributed by atoms with van der Waals surface area (Å²) in [5.74, 6) is 0.602. The lowest BCUT2D eigenvalue weighted by molar-refractivity contribution is -0.131. The van der Waals surface area contributed by atoms with Crippen LogP contribution in [0.5, 0.6) is 0 Å². The first-order valence-electron chi connectivity index (χ1n) is 8.65. The van der Waals surface area contributed by atoms with Gasteiger partial charge in [-0.05, 0) is 36.5 Å². The number of piperidine rings is 1. The smallest absolute Gasteiger partial charge is 0.219 e. The number of benzene rings is 1. The molecule has 4 heteroatoms. The zero-order chi connectivity index (χ0) is 16.8. The van der Waals surface area contributed by atoms with Gasteiger partial charge < -0.3 is 10.2 Å². The van der Waals surface area contributed by atoms with Crippen LogP contribution in [-0.4, -0.2) is 34.9 Å². The molecular weight excluding hydrogens is 298 g/mol. The molecule has 1 aromatic heterocycles. The first-order chi connectivity index (χ1) is 11.7. The van der Waals surface area contributed by atoms with Gasteiger partial charge in [0.05, 0.1) is 5.69 Å². The normalized spacial score (nSPS) is 20.8. The van der Waals surface area contributed by atoms with Crippen LogP contribution in [0, 0.1) is 5.92 Å². The maximum atomic E-state index is 11.8. The second-order valence-corrected chi connectivity index (χ2v) is 6.51. The molecule has 0 radical (unpaired) electrons. The average Bonchev–Trinajstić information content (AvgIpc) is 2.62. The van der Waals surface area contributed by atoms with Crippen molar-refractivity contribution in [1.82, 2.24) is 15.2 Å². The summed E-state index contributed by atoms with van der Waals surface area (Å²) in [6.45, 7) is 4.10. The molecule has 0 spiro atoms. The van der Waals surface area contributed by atoms with Gasteiger partial charge in [-0.3, -0.25) is 9.78 Å². The van der Waals surface area contributed by atoms with Gasteiger partial charge >= 0.3 is 0 Å². The van der Waals surface area contributed by atoms with Crippen LogP contribution >= 0.6 is 0 Å². The van der Waals surface area contributed by atoms with Gasteiger partial charge in [-0.1, -0.05) is 36.4 Å². The van der Waals surface area contributed by atoms with Crippen molar-refractivity contribution in [2.45, 2.75) is 32.4 Å². The number of likely N-dealkylation sites (tertiary alicyclic amines) is 1. The van der Waals surface area contributed by atoms with E-state index in [1.165, 1.54) is 5.56 Å². The molecule has 0 bridgehead atoms. The third-order valence-corrected chi connectivity index (χ3v) is 4.79. The Morgan fingerprint density at radius 3 is 2.71 bits per heavy atom. The van der Waals surface area contributed by atoms with Gasteiger partial charge in [0.1, 0.15) is 0 Å². The fraction of sp³-hybridized carbons (Fsp3) is 0.400. The highest BCUT2D eigenvalue weighted by molar-refractivity contribution is 5.73. The van der Waals surface area contributed by atoms with Gasteiger partial charge in [0.15, 0.2) is 0 Å². The van der Waals surface area contributed by atoms with Crippen molar-refractivity contribution in [2.75, 3.05) is 13.1 Å². The predicted octanol–water partition coefficient (Wildman–Crippen LogP) is 2.65. The maximum absolute atomic E-state index is 11.8. The van der Waals surface area contributed by atoms with E-state index in [2.05, 4.69) is 34.6 Å². The number of amides is 1. The first-order valence-corrected chi connectivity index (χ1v) is 8.65. The Balaban J connectivity index is 1.66. The molecular formula is C20H25N3O. The SMILES string of the molecule is CC(=O)N1CC[C@H](NCc2ccccn2)[C@H](Cc2ccccc2)C1. The number of carbonyl (C=O) groups excluding carboxylic acids is 1. The second kappa shape index (κ2) is 8.06.